The van der Waals surface area contributed by atoms with E-state index in [1.807, 2.05) is 6.20 Å². The summed E-state index contributed by atoms with van der Waals surface area (Å²) in [5.74, 6) is 0. The van der Waals surface area contributed by atoms with Gasteiger partial charge in [0.1, 0.15) is 5.65 Å². The van der Waals surface area contributed by atoms with Crippen LogP contribution < -0.4 is 0 Å². The molecule has 52 heavy (non-hydrogen) atoms. The molecule has 2 nitrogen and oxygen atoms in total. The fraction of sp³-hybridized carbons (Fsp3) is 0.0600. The molecule has 0 atom stereocenters. The number of fused-ring (bicyclic) bond motifs is 19. The van der Waals surface area contributed by atoms with Gasteiger partial charge in [-0.3, -0.25) is 4.40 Å². The average Bonchev–Trinajstić information content (AvgIpc) is 3.66. The van der Waals surface area contributed by atoms with E-state index in [0.29, 0.717) is 0 Å². The number of rotatable bonds is 1. The van der Waals surface area contributed by atoms with E-state index >= 15 is 0 Å². The molecule has 242 valence electrons. The molecule has 1 aliphatic rings. The van der Waals surface area contributed by atoms with Crippen molar-refractivity contribution in [2.75, 3.05) is 0 Å². The highest BCUT2D eigenvalue weighted by atomic mass is 15.0. The van der Waals surface area contributed by atoms with E-state index in [1.54, 1.807) is 0 Å². The topological polar surface area (TPSA) is 17.3 Å². The summed E-state index contributed by atoms with van der Waals surface area (Å²) in [5.41, 5.74) is 11.1. The summed E-state index contributed by atoms with van der Waals surface area (Å²) in [6, 6.07) is 56.5. The quantitative estimate of drug-likeness (QED) is 0.127. The molecule has 8 aromatic carbocycles. The highest BCUT2D eigenvalue weighted by Crippen LogP contribution is 2.55. The first-order valence-electron chi connectivity index (χ1n) is 18.2. The van der Waals surface area contributed by atoms with Crippen molar-refractivity contribution in [2.45, 2.75) is 19.3 Å². The Labute approximate surface area is 300 Å². The van der Waals surface area contributed by atoms with E-state index in [1.165, 1.54) is 109 Å². The zero-order valence-corrected chi connectivity index (χ0v) is 28.9. The average molecular weight is 661 g/mol. The van der Waals surface area contributed by atoms with E-state index in [4.69, 9.17) is 4.98 Å². The molecule has 0 saturated carbocycles. The monoisotopic (exact) mass is 660 g/mol. The Morgan fingerprint density at radius 1 is 0.481 bits per heavy atom. The largest absolute Gasteiger partial charge is 0.293 e. The number of nitrogens with zero attached hydrogens (tertiary/aromatic N) is 2. The minimum atomic E-state index is -0.220. The Bertz CT molecular complexity index is 3340. The Hall–Kier alpha value is -6.51. The molecule has 0 amide bonds. The molecule has 0 spiro atoms. The van der Waals surface area contributed by atoms with E-state index in [-0.39, 0.29) is 5.41 Å². The molecular formula is C50H32N2. The first-order valence-corrected chi connectivity index (χ1v) is 18.2. The van der Waals surface area contributed by atoms with Gasteiger partial charge in [0, 0.05) is 33.3 Å². The van der Waals surface area contributed by atoms with Crippen molar-refractivity contribution in [2.24, 2.45) is 0 Å². The standard InChI is InChI=1S/C50H32N2/c1-50(2)43-27-31(21-22-36(43)39-24-23-38-34-16-6-5-14-32(34)33-15-7-9-18-37(33)46(38)47(39)50)45-41-20-11-25-51-49(41)52-44-28-30-13-4-3-12-29(30)26-42(44)35-17-8-10-19-40(35)48(45)52/h3-28H,1-2H3. The normalized spacial score (nSPS) is 13.7. The van der Waals surface area contributed by atoms with Crippen molar-refractivity contribution in [3.05, 3.63) is 169 Å². The molecule has 1 aliphatic carbocycles. The van der Waals surface area contributed by atoms with Gasteiger partial charge in [-0.05, 0) is 107 Å². The van der Waals surface area contributed by atoms with Gasteiger partial charge in [-0.1, -0.05) is 135 Å². The summed E-state index contributed by atoms with van der Waals surface area (Å²) in [6.07, 6.45) is 1.93. The third-order valence-electron chi connectivity index (χ3n) is 12.1. The molecule has 0 N–H and O–H groups in total. The molecule has 11 aromatic rings. The summed E-state index contributed by atoms with van der Waals surface area (Å²) in [5, 5.41) is 15.4. The van der Waals surface area contributed by atoms with Crippen LogP contribution >= 0.6 is 0 Å². The third-order valence-corrected chi connectivity index (χ3v) is 12.1. The predicted octanol–water partition coefficient (Wildman–Crippen LogP) is 13.4. The Morgan fingerprint density at radius 3 is 1.81 bits per heavy atom. The summed E-state index contributed by atoms with van der Waals surface area (Å²) in [7, 11) is 0. The van der Waals surface area contributed by atoms with Gasteiger partial charge in [0.05, 0.1) is 11.0 Å². The number of pyridine rings is 2. The van der Waals surface area contributed by atoms with Gasteiger partial charge in [-0.15, -0.1) is 0 Å². The first-order chi connectivity index (χ1) is 25.6. The summed E-state index contributed by atoms with van der Waals surface area (Å²) in [4.78, 5) is 5.08. The molecule has 0 aliphatic heterocycles. The molecule has 0 radical (unpaired) electrons. The van der Waals surface area contributed by atoms with Gasteiger partial charge >= 0.3 is 0 Å². The molecule has 0 unspecified atom stereocenters. The van der Waals surface area contributed by atoms with Crippen LogP contribution in [0, 0.1) is 0 Å². The number of hydrogen-bond donors (Lipinski definition) is 0. The lowest BCUT2D eigenvalue weighted by Crippen LogP contribution is -2.15. The third kappa shape index (κ3) is 3.47. The van der Waals surface area contributed by atoms with Crippen molar-refractivity contribution in [3.8, 4) is 22.3 Å². The Balaban J connectivity index is 1.18. The van der Waals surface area contributed by atoms with Crippen LogP contribution in [0.15, 0.2) is 158 Å². The first kappa shape index (κ1) is 28.2. The number of benzene rings is 8. The van der Waals surface area contributed by atoms with Gasteiger partial charge in [0.25, 0.3) is 0 Å². The van der Waals surface area contributed by atoms with E-state index < -0.39 is 0 Å². The zero-order valence-electron chi connectivity index (χ0n) is 28.9. The molecule has 2 heteroatoms. The summed E-state index contributed by atoms with van der Waals surface area (Å²) in [6.45, 7) is 4.85. The second kappa shape index (κ2) is 9.84. The maximum Gasteiger partial charge on any atom is 0.145 e. The predicted molar refractivity (Wildman–Crippen MR) is 221 cm³/mol. The smallest absolute Gasteiger partial charge is 0.145 e. The Kier molecular flexibility index (Phi) is 5.34. The molecule has 3 aromatic heterocycles. The fourth-order valence-corrected chi connectivity index (χ4v) is 9.91. The molecule has 12 rings (SSSR count). The maximum atomic E-state index is 5.08. The minimum Gasteiger partial charge on any atom is -0.293 e. The minimum absolute atomic E-state index is 0.220. The van der Waals surface area contributed by atoms with Crippen LogP contribution in [0.4, 0.5) is 0 Å². The van der Waals surface area contributed by atoms with Crippen LogP contribution in [0.3, 0.4) is 0 Å². The van der Waals surface area contributed by atoms with Crippen molar-refractivity contribution in [1.29, 1.82) is 0 Å². The summed E-state index contributed by atoms with van der Waals surface area (Å²) < 4.78 is 2.42. The van der Waals surface area contributed by atoms with E-state index in [0.717, 1.165) is 5.65 Å². The maximum absolute atomic E-state index is 5.08. The molecule has 0 saturated heterocycles. The summed E-state index contributed by atoms with van der Waals surface area (Å²) >= 11 is 0. The lowest BCUT2D eigenvalue weighted by atomic mass is 9.78. The second-order valence-corrected chi connectivity index (χ2v) is 15.1. The van der Waals surface area contributed by atoms with E-state index in [9.17, 15) is 0 Å². The van der Waals surface area contributed by atoms with Crippen molar-refractivity contribution in [1.82, 2.24) is 9.38 Å². The zero-order chi connectivity index (χ0) is 34.3. The van der Waals surface area contributed by atoms with Crippen LogP contribution in [0.5, 0.6) is 0 Å². The molecule has 0 fully saturated rings. The number of aromatic nitrogens is 2. The van der Waals surface area contributed by atoms with Crippen molar-refractivity contribution in [3.63, 3.8) is 0 Å². The van der Waals surface area contributed by atoms with Gasteiger partial charge in [-0.2, -0.15) is 0 Å². The fourth-order valence-electron chi connectivity index (χ4n) is 9.91. The molecule has 0 bridgehead atoms. The van der Waals surface area contributed by atoms with Gasteiger partial charge in [0.15, 0.2) is 0 Å². The lowest BCUT2D eigenvalue weighted by Gasteiger charge is -2.25. The molecule has 3 heterocycles. The van der Waals surface area contributed by atoms with Gasteiger partial charge in [0.2, 0.25) is 0 Å². The van der Waals surface area contributed by atoms with Crippen LogP contribution in [0.2, 0.25) is 0 Å². The second-order valence-electron chi connectivity index (χ2n) is 15.1. The van der Waals surface area contributed by atoms with Crippen LogP contribution in [-0.2, 0) is 5.41 Å². The van der Waals surface area contributed by atoms with Crippen LogP contribution in [0.25, 0.3) is 104 Å². The van der Waals surface area contributed by atoms with Crippen LogP contribution in [0.1, 0.15) is 25.0 Å². The SMILES string of the molecule is CC1(C)c2cc(-c3c4cccnc4n4c5cc6ccccc6cc5c5ccccc5c34)ccc2-c2ccc3c4ccccc4c4ccccc4c3c21. The lowest BCUT2D eigenvalue weighted by molar-refractivity contribution is 0.667. The van der Waals surface area contributed by atoms with Gasteiger partial charge in [-0.25, -0.2) is 4.98 Å². The highest BCUT2D eigenvalue weighted by Gasteiger charge is 2.38. The Morgan fingerprint density at radius 2 is 1.06 bits per heavy atom. The van der Waals surface area contributed by atoms with Crippen molar-refractivity contribution < 1.29 is 0 Å². The van der Waals surface area contributed by atoms with Gasteiger partial charge < -0.3 is 0 Å². The highest BCUT2D eigenvalue weighted by molar-refractivity contribution is 6.28. The van der Waals surface area contributed by atoms with Crippen molar-refractivity contribution >= 4 is 81.3 Å². The van der Waals surface area contributed by atoms with E-state index in [2.05, 4.69) is 170 Å². The number of hydrogen-bond acceptors (Lipinski definition) is 1. The molecular weight excluding hydrogens is 629 g/mol. The van der Waals surface area contributed by atoms with Crippen LogP contribution in [-0.4, -0.2) is 9.38 Å².